The van der Waals surface area contributed by atoms with Gasteiger partial charge in [-0.25, -0.2) is 9.97 Å². The number of hydrogen-bond donors (Lipinski definition) is 0. The lowest BCUT2D eigenvalue weighted by Crippen LogP contribution is -2.04. The fraction of sp³-hybridized carbons (Fsp3) is 0.0588. The first-order valence-corrected chi connectivity index (χ1v) is 10.9. The molecule has 1 aromatic heterocycles. The molecule has 10 heteroatoms. The molecule has 0 amide bonds. The van der Waals surface area contributed by atoms with Gasteiger partial charge in [0.15, 0.2) is 0 Å². The van der Waals surface area contributed by atoms with E-state index in [2.05, 4.69) is 9.97 Å². The zero-order chi connectivity index (χ0) is 19.7. The van der Waals surface area contributed by atoms with Crippen LogP contribution in [0, 0.1) is 0 Å². The number of benzene rings is 2. The summed E-state index contributed by atoms with van der Waals surface area (Å²) < 4.78 is 55.2. The number of hydrogen-bond acceptors (Lipinski definition) is 4. The molecule has 0 bridgehead atoms. The van der Waals surface area contributed by atoms with E-state index in [0.29, 0.717) is 11.3 Å². The Kier molecular flexibility index (Phi) is 5.47. The average Bonchev–Trinajstić information content (AvgIpc) is 2.61. The maximum atomic E-state index is 12.6. The van der Waals surface area contributed by atoms with E-state index in [4.69, 9.17) is 27.2 Å². The molecule has 4 nitrogen and oxygen atoms in total. The molecule has 0 atom stereocenters. The topological polar surface area (TPSA) is 52.1 Å². The molecule has 0 aliphatic heterocycles. The van der Waals surface area contributed by atoms with Crippen LogP contribution in [0.15, 0.2) is 60.9 Å². The highest BCUT2D eigenvalue weighted by Crippen LogP contribution is 2.55. The Morgan fingerprint density at radius 1 is 0.889 bits per heavy atom. The van der Waals surface area contributed by atoms with Gasteiger partial charge in [-0.3, -0.25) is 4.57 Å². The number of rotatable bonds is 4. The molecule has 0 saturated heterocycles. The molecule has 2 aromatic carbocycles. The summed E-state index contributed by atoms with van der Waals surface area (Å²) in [7, 11) is 0. The van der Waals surface area contributed by atoms with Crippen molar-refractivity contribution in [2.45, 2.75) is 6.18 Å². The van der Waals surface area contributed by atoms with Crippen molar-refractivity contribution in [2.24, 2.45) is 0 Å². The summed E-state index contributed by atoms with van der Waals surface area (Å²) in [4.78, 5) is 8.27. The number of aromatic nitrogens is 2. The molecular weight excluding hydrogens is 423 g/mol. The van der Waals surface area contributed by atoms with Crippen molar-refractivity contribution in [2.75, 3.05) is 0 Å². The highest BCUT2D eigenvalue weighted by Gasteiger charge is 2.30. The van der Waals surface area contributed by atoms with Gasteiger partial charge in [0.2, 0.25) is 5.88 Å². The number of halogens is 5. The summed E-state index contributed by atoms with van der Waals surface area (Å²) in [5.74, 6) is -3.15. The number of alkyl halides is 3. The van der Waals surface area contributed by atoms with Gasteiger partial charge in [-0.1, -0.05) is 12.1 Å². The van der Waals surface area contributed by atoms with E-state index in [1.807, 2.05) is 0 Å². The molecule has 0 aliphatic carbocycles. The third-order valence-electron chi connectivity index (χ3n) is 3.50. The Labute approximate surface area is 161 Å². The Morgan fingerprint density at radius 3 is 2.04 bits per heavy atom. The van der Waals surface area contributed by atoms with Crippen LogP contribution in [0.3, 0.4) is 0 Å². The number of ether oxygens (including phenoxy) is 1. The molecule has 3 rings (SSSR count). The lowest BCUT2D eigenvalue weighted by atomic mass is 10.1. The van der Waals surface area contributed by atoms with Crippen LogP contribution >= 0.6 is 28.3 Å². The lowest BCUT2D eigenvalue weighted by molar-refractivity contribution is -0.137. The SMILES string of the molecule is O=P(Cl)(Cl)c1ccc(-c2nccnc2Oc2ccc(C(F)(F)F)cc2)cc1. The molecule has 1 heterocycles. The minimum absolute atomic E-state index is 0.102. The predicted octanol–water partition coefficient (Wildman–Crippen LogP) is 6.25. The largest absolute Gasteiger partial charge is 0.437 e. The first-order chi connectivity index (χ1) is 12.6. The molecular formula is C17H10Cl2F3N2O2P. The molecule has 0 unspecified atom stereocenters. The standard InChI is InChI=1S/C17H10Cl2F3N2O2P/c18-27(19,25)14-7-1-11(2-8-14)15-16(24-10-9-23-15)26-13-5-3-12(4-6-13)17(20,21)22/h1-10H. The van der Waals surface area contributed by atoms with E-state index in [1.165, 1.54) is 36.7 Å². The van der Waals surface area contributed by atoms with Crippen LogP contribution in [0.25, 0.3) is 11.3 Å². The van der Waals surface area contributed by atoms with E-state index < -0.39 is 17.6 Å². The number of nitrogens with zero attached hydrogens (tertiary/aromatic N) is 2. The Morgan fingerprint density at radius 2 is 1.48 bits per heavy atom. The van der Waals surface area contributed by atoms with Crippen LogP contribution in [0.5, 0.6) is 11.6 Å². The van der Waals surface area contributed by atoms with Crippen molar-refractivity contribution in [1.82, 2.24) is 9.97 Å². The van der Waals surface area contributed by atoms with Gasteiger partial charge >= 0.3 is 6.18 Å². The molecule has 0 aliphatic rings. The van der Waals surface area contributed by atoms with Gasteiger partial charge in [0.1, 0.15) is 11.4 Å². The highest BCUT2D eigenvalue weighted by molar-refractivity contribution is 8.13. The van der Waals surface area contributed by atoms with Gasteiger partial charge in [0, 0.05) is 23.3 Å². The summed E-state index contributed by atoms with van der Waals surface area (Å²) in [6.45, 7) is 0. The third kappa shape index (κ3) is 4.80. The van der Waals surface area contributed by atoms with Crippen LogP contribution in [-0.2, 0) is 10.7 Å². The average molecular weight is 433 g/mol. The second-order valence-corrected chi connectivity index (χ2v) is 10.2. The molecule has 3 aromatic rings. The van der Waals surface area contributed by atoms with Crippen molar-refractivity contribution >= 4 is 33.6 Å². The van der Waals surface area contributed by atoms with E-state index >= 15 is 0 Å². The lowest BCUT2D eigenvalue weighted by Gasteiger charge is -2.11. The molecule has 27 heavy (non-hydrogen) atoms. The Hall–Kier alpha value is -2.08. The van der Waals surface area contributed by atoms with Crippen LogP contribution < -0.4 is 10.0 Å². The molecule has 0 N–H and O–H groups in total. The van der Waals surface area contributed by atoms with Crippen molar-refractivity contribution in [3.05, 3.63) is 66.5 Å². The normalized spacial score (nSPS) is 12.0. The zero-order valence-electron chi connectivity index (χ0n) is 13.3. The fourth-order valence-corrected chi connectivity index (χ4v) is 3.39. The molecule has 0 radical (unpaired) electrons. The minimum Gasteiger partial charge on any atom is -0.437 e. The second kappa shape index (κ2) is 7.50. The zero-order valence-corrected chi connectivity index (χ0v) is 15.7. The summed E-state index contributed by atoms with van der Waals surface area (Å²) >= 11 is 11.3. The van der Waals surface area contributed by atoms with Crippen LogP contribution in [-0.4, -0.2) is 9.97 Å². The Bertz CT molecular complexity index is 990. The molecule has 0 saturated carbocycles. The second-order valence-electron chi connectivity index (χ2n) is 5.34. The minimum atomic E-state index is -4.43. The van der Waals surface area contributed by atoms with Gasteiger partial charge in [0.05, 0.1) is 5.56 Å². The van der Waals surface area contributed by atoms with E-state index in [1.54, 1.807) is 12.1 Å². The van der Waals surface area contributed by atoms with E-state index in [9.17, 15) is 17.7 Å². The maximum Gasteiger partial charge on any atom is 0.416 e. The summed E-state index contributed by atoms with van der Waals surface area (Å²) in [5, 5.41) is 0.267. The summed E-state index contributed by atoms with van der Waals surface area (Å²) in [6, 6.07) is 10.4. The molecule has 0 spiro atoms. The first kappa shape index (κ1) is 19.7. The van der Waals surface area contributed by atoms with Crippen molar-refractivity contribution in [1.29, 1.82) is 0 Å². The fourth-order valence-electron chi connectivity index (χ4n) is 2.21. The van der Waals surface area contributed by atoms with Gasteiger partial charge in [-0.2, -0.15) is 13.2 Å². The van der Waals surface area contributed by atoms with Crippen LogP contribution in [0.4, 0.5) is 13.2 Å². The van der Waals surface area contributed by atoms with E-state index in [-0.39, 0.29) is 16.9 Å². The third-order valence-corrected chi connectivity index (χ3v) is 5.57. The van der Waals surface area contributed by atoms with Gasteiger partial charge in [-0.15, -0.1) is 0 Å². The van der Waals surface area contributed by atoms with Gasteiger partial charge < -0.3 is 4.74 Å². The van der Waals surface area contributed by atoms with Gasteiger partial charge in [-0.05, 0) is 58.9 Å². The predicted molar refractivity (Wildman–Crippen MR) is 97.9 cm³/mol. The maximum absolute atomic E-state index is 12.6. The highest BCUT2D eigenvalue weighted by atomic mass is 35.9. The quantitative estimate of drug-likeness (QED) is 0.457. The van der Waals surface area contributed by atoms with Crippen LogP contribution in [0.2, 0.25) is 0 Å². The van der Waals surface area contributed by atoms with E-state index in [0.717, 1.165) is 12.1 Å². The monoisotopic (exact) mass is 432 g/mol. The summed E-state index contributed by atoms with van der Waals surface area (Å²) in [5.41, 5.74) is 0.148. The smallest absolute Gasteiger partial charge is 0.416 e. The summed E-state index contributed by atoms with van der Waals surface area (Å²) in [6.07, 6.45) is -1.60. The van der Waals surface area contributed by atoms with Crippen LogP contribution in [0.1, 0.15) is 5.56 Å². The Balaban J connectivity index is 1.89. The van der Waals surface area contributed by atoms with Crippen molar-refractivity contribution in [3.63, 3.8) is 0 Å². The first-order valence-electron chi connectivity index (χ1n) is 7.41. The van der Waals surface area contributed by atoms with Crippen molar-refractivity contribution in [3.8, 4) is 22.9 Å². The molecule has 140 valence electrons. The van der Waals surface area contributed by atoms with Gasteiger partial charge in [0.25, 0.3) is 5.85 Å². The van der Waals surface area contributed by atoms with Crippen molar-refractivity contribution < 1.29 is 22.5 Å². The molecule has 0 fully saturated rings.